The lowest BCUT2D eigenvalue weighted by Crippen LogP contribution is -2.48. The summed E-state index contributed by atoms with van der Waals surface area (Å²) in [7, 11) is 0. The zero-order valence-electron chi connectivity index (χ0n) is 14.2. The molecule has 6 amide bonds. The first-order chi connectivity index (χ1) is 12.5. The molecule has 0 bridgehead atoms. The largest absolute Gasteiger partial charge is 0.335 e. The van der Waals surface area contributed by atoms with Gasteiger partial charge in [0, 0.05) is 6.04 Å². The highest BCUT2D eigenvalue weighted by molar-refractivity contribution is 6.10. The molecule has 1 atom stereocenters. The zero-order valence-corrected chi connectivity index (χ0v) is 14.2. The van der Waals surface area contributed by atoms with E-state index in [1.165, 1.54) is 0 Å². The topological polar surface area (TPSA) is 108 Å². The Labute approximate surface area is 150 Å². The quantitative estimate of drug-likeness (QED) is 0.695. The number of aryl methyl sites for hydroxylation is 1. The van der Waals surface area contributed by atoms with Crippen LogP contribution in [0.1, 0.15) is 36.8 Å². The molecule has 8 heteroatoms. The van der Waals surface area contributed by atoms with E-state index >= 15 is 0 Å². The smallest absolute Gasteiger partial charge is 0.325 e. The molecule has 8 nitrogen and oxygen atoms in total. The van der Waals surface area contributed by atoms with Gasteiger partial charge < -0.3 is 10.6 Å². The number of benzene rings is 1. The monoisotopic (exact) mass is 356 g/mol. The fourth-order valence-electron chi connectivity index (χ4n) is 3.71. The van der Waals surface area contributed by atoms with Gasteiger partial charge >= 0.3 is 12.1 Å². The molecule has 26 heavy (non-hydrogen) atoms. The highest BCUT2D eigenvalue weighted by Crippen LogP contribution is 2.39. The van der Waals surface area contributed by atoms with Crippen molar-refractivity contribution in [3.63, 3.8) is 0 Å². The van der Waals surface area contributed by atoms with Gasteiger partial charge in [0.05, 0.1) is 0 Å². The number of carbonyl (C=O) groups excluding carboxylic acids is 4. The lowest BCUT2D eigenvalue weighted by atomic mass is 9.76. The molecule has 136 valence electrons. The highest BCUT2D eigenvalue weighted by atomic mass is 16.2. The Bertz CT molecular complexity index is 804. The van der Waals surface area contributed by atoms with Crippen LogP contribution in [0.2, 0.25) is 0 Å². The minimum atomic E-state index is -1.11. The molecule has 0 unspecified atom stereocenters. The van der Waals surface area contributed by atoms with Crippen molar-refractivity contribution in [2.75, 3.05) is 6.54 Å². The molecular formula is C18H20N4O4. The molecule has 4 rings (SSSR count). The molecule has 1 aliphatic heterocycles. The van der Waals surface area contributed by atoms with Gasteiger partial charge in [0.15, 0.2) is 0 Å². The molecule has 1 aromatic carbocycles. The summed E-state index contributed by atoms with van der Waals surface area (Å²) >= 11 is 0. The van der Waals surface area contributed by atoms with Crippen LogP contribution >= 0.6 is 0 Å². The summed E-state index contributed by atoms with van der Waals surface area (Å²) in [6.07, 6.45) is 3.91. The van der Waals surface area contributed by atoms with Gasteiger partial charge in [-0.25, -0.2) is 9.59 Å². The van der Waals surface area contributed by atoms with Gasteiger partial charge in [0.1, 0.15) is 12.1 Å². The summed E-state index contributed by atoms with van der Waals surface area (Å²) in [5, 5.41) is 7.58. The molecule has 1 spiro atoms. The zero-order chi connectivity index (χ0) is 18.3. The van der Waals surface area contributed by atoms with Crippen molar-refractivity contribution in [2.45, 2.75) is 43.7 Å². The Morgan fingerprint density at radius 2 is 2.00 bits per heavy atom. The third-order valence-corrected chi connectivity index (χ3v) is 5.12. The molecule has 0 aromatic heterocycles. The van der Waals surface area contributed by atoms with Crippen LogP contribution in [-0.4, -0.2) is 41.4 Å². The molecule has 3 N–H and O–H groups in total. The molecule has 0 radical (unpaired) electrons. The fraction of sp³-hybridized carbons (Fsp3) is 0.444. The first-order valence-electron chi connectivity index (χ1n) is 8.82. The van der Waals surface area contributed by atoms with Crippen molar-refractivity contribution in [2.24, 2.45) is 0 Å². The number of fused-ring (bicyclic) bond motifs is 2. The summed E-state index contributed by atoms with van der Waals surface area (Å²) in [5.74, 6) is -1.12. The molecule has 1 saturated heterocycles. The van der Waals surface area contributed by atoms with Crippen molar-refractivity contribution < 1.29 is 19.2 Å². The van der Waals surface area contributed by atoms with Gasteiger partial charge in [0.25, 0.3) is 5.91 Å². The lowest BCUT2D eigenvalue weighted by molar-refractivity contribution is -0.135. The fourth-order valence-corrected chi connectivity index (χ4v) is 3.71. The second-order valence-electron chi connectivity index (χ2n) is 7.03. The van der Waals surface area contributed by atoms with Crippen LogP contribution in [0.5, 0.6) is 0 Å². The second-order valence-corrected chi connectivity index (χ2v) is 7.03. The van der Waals surface area contributed by atoms with Gasteiger partial charge in [0.2, 0.25) is 5.91 Å². The molecule has 1 heterocycles. The van der Waals surface area contributed by atoms with Crippen molar-refractivity contribution in [3.8, 4) is 0 Å². The predicted molar refractivity (Wildman–Crippen MR) is 91.0 cm³/mol. The van der Waals surface area contributed by atoms with Crippen LogP contribution in [0.4, 0.5) is 9.59 Å². The second kappa shape index (κ2) is 6.12. The first-order valence-corrected chi connectivity index (χ1v) is 8.82. The van der Waals surface area contributed by atoms with Crippen molar-refractivity contribution in [1.82, 2.24) is 20.9 Å². The molecule has 3 aliphatic rings. The Hall–Kier alpha value is -2.90. The summed E-state index contributed by atoms with van der Waals surface area (Å²) in [6.45, 7) is -0.479. The third kappa shape index (κ3) is 2.81. The number of urea groups is 2. The van der Waals surface area contributed by atoms with E-state index in [0.29, 0.717) is 6.42 Å². The van der Waals surface area contributed by atoms with Gasteiger partial charge in [-0.3, -0.25) is 19.8 Å². The van der Waals surface area contributed by atoms with Crippen LogP contribution in [0.3, 0.4) is 0 Å². The van der Waals surface area contributed by atoms with E-state index in [9.17, 15) is 19.2 Å². The van der Waals surface area contributed by atoms with Gasteiger partial charge in [-0.2, -0.15) is 0 Å². The summed E-state index contributed by atoms with van der Waals surface area (Å²) in [4.78, 5) is 50.0. The summed E-state index contributed by atoms with van der Waals surface area (Å²) < 4.78 is 0. The molecule has 1 saturated carbocycles. The maximum absolute atomic E-state index is 13.0. The van der Waals surface area contributed by atoms with Crippen LogP contribution in [0, 0.1) is 0 Å². The summed E-state index contributed by atoms with van der Waals surface area (Å²) in [5.41, 5.74) is 0.712. The van der Waals surface area contributed by atoms with E-state index in [0.717, 1.165) is 41.7 Å². The molecule has 2 fully saturated rings. The maximum Gasteiger partial charge on any atom is 0.325 e. The number of imide groups is 2. The van der Waals surface area contributed by atoms with E-state index in [-0.39, 0.29) is 6.04 Å². The van der Waals surface area contributed by atoms with E-state index in [2.05, 4.69) is 16.0 Å². The average Bonchev–Trinajstić information content (AvgIpc) is 3.39. The van der Waals surface area contributed by atoms with Crippen LogP contribution in [-0.2, 0) is 21.5 Å². The van der Waals surface area contributed by atoms with Gasteiger partial charge in [-0.1, -0.05) is 24.3 Å². The van der Waals surface area contributed by atoms with E-state index < -0.39 is 36.0 Å². The Morgan fingerprint density at radius 3 is 2.77 bits per heavy atom. The Morgan fingerprint density at radius 1 is 1.23 bits per heavy atom. The first kappa shape index (κ1) is 16.6. The molecular weight excluding hydrogens is 336 g/mol. The van der Waals surface area contributed by atoms with Crippen LogP contribution < -0.4 is 16.0 Å². The average molecular weight is 356 g/mol. The standard InChI is InChI=1S/C18H20N4O4/c23-14(20-16(25)19-12-7-8-12)10-22-15(24)18(21-17(22)26)9-3-5-11-4-1-2-6-13(11)18/h1-2,4,6,12H,3,5,7-10H2,(H,21,26)(H2,19,20,23,25)/t18-/m0/s1. The number of rotatable bonds is 3. The van der Waals surface area contributed by atoms with E-state index in [1.807, 2.05) is 24.3 Å². The summed E-state index contributed by atoms with van der Waals surface area (Å²) in [6, 6.07) is 6.45. The van der Waals surface area contributed by atoms with Crippen LogP contribution in [0.25, 0.3) is 0 Å². The number of carbonyl (C=O) groups is 4. The minimum Gasteiger partial charge on any atom is -0.335 e. The van der Waals surface area contributed by atoms with Crippen LogP contribution in [0.15, 0.2) is 24.3 Å². The van der Waals surface area contributed by atoms with Gasteiger partial charge in [-0.05, 0) is 43.2 Å². The predicted octanol–water partition coefficient (Wildman–Crippen LogP) is 0.758. The molecule has 2 aliphatic carbocycles. The van der Waals surface area contributed by atoms with E-state index in [1.54, 1.807) is 0 Å². The normalized spacial score (nSPS) is 24.2. The van der Waals surface area contributed by atoms with E-state index in [4.69, 9.17) is 0 Å². The SMILES string of the molecule is O=C(CN1C(=O)N[C@]2(CCCc3ccccc32)C1=O)NC(=O)NC1CC1. The number of nitrogens with zero attached hydrogens (tertiary/aromatic N) is 1. The minimum absolute atomic E-state index is 0.113. The Balaban J connectivity index is 1.49. The lowest BCUT2D eigenvalue weighted by Gasteiger charge is -2.33. The van der Waals surface area contributed by atoms with Gasteiger partial charge in [-0.15, -0.1) is 0 Å². The van der Waals surface area contributed by atoms with Crippen molar-refractivity contribution >= 4 is 23.9 Å². The Kier molecular flexibility index (Phi) is 3.90. The highest BCUT2D eigenvalue weighted by Gasteiger charge is 2.54. The maximum atomic E-state index is 13.0. The number of hydrogen-bond donors (Lipinski definition) is 3. The van der Waals surface area contributed by atoms with Crippen molar-refractivity contribution in [1.29, 1.82) is 0 Å². The number of hydrogen-bond acceptors (Lipinski definition) is 4. The third-order valence-electron chi connectivity index (χ3n) is 5.12. The number of amides is 6. The molecule has 1 aromatic rings. The van der Waals surface area contributed by atoms with Crippen molar-refractivity contribution in [3.05, 3.63) is 35.4 Å². The number of nitrogens with one attached hydrogen (secondary N) is 3.